The maximum Gasteiger partial charge on any atom is 0.452 e. The molecule has 0 aliphatic carbocycles. The molecule has 0 spiro atoms. The second kappa shape index (κ2) is 4.43. The Bertz CT molecular complexity index is 322. The SMILES string of the molecule is CCCCn1c(F)c(F)[n+](CF)c1F. The van der Waals surface area contributed by atoms with Crippen LogP contribution in [-0.2, 0) is 13.3 Å². The normalized spacial score (nSPS) is 10.9. The molecule has 0 amide bonds. The number of hydrogen-bond donors (Lipinski definition) is 0. The fourth-order valence-electron chi connectivity index (χ4n) is 1.14. The quantitative estimate of drug-likeness (QED) is 0.531. The Balaban J connectivity index is 3.03. The molecule has 0 aliphatic heterocycles. The van der Waals surface area contributed by atoms with E-state index < -0.39 is 24.8 Å². The van der Waals surface area contributed by atoms with E-state index in [1.807, 2.05) is 6.92 Å². The molecule has 0 saturated carbocycles. The average Bonchev–Trinajstić information content (AvgIpc) is 2.37. The summed E-state index contributed by atoms with van der Waals surface area (Å²) in [6.45, 7) is 0.435. The van der Waals surface area contributed by atoms with Crippen molar-refractivity contribution in [3.63, 3.8) is 0 Å². The minimum Gasteiger partial charge on any atom is -0.200 e. The van der Waals surface area contributed by atoms with Crippen molar-refractivity contribution in [2.24, 2.45) is 0 Å². The smallest absolute Gasteiger partial charge is 0.200 e. The molecule has 0 saturated heterocycles. The zero-order chi connectivity index (χ0) is 10.7. The van der Waals surface area contributed by atoms with Crippen LogP contribution in [0, 0.1) is 18.0 Å². The Morgan fingerprint density at radius 3 is 2.36 bits per heavy atom. The van der Waals surface area contributed by atoms with E-state index in [4.69, 9.17) is 0 Å². The number of nitrogens with zero attached hydrogens (tertiary/aromatic N) is 2. The third-order valence-corrected chi connectivity index (χ3v) is 1.94. The molecule has 0 N–H and O–H groups in total. The molecule has 1 aromatic heterocycles. The summed E-state index contributed by atoms with van der Waals surface area (Å²) in [5, 5.41) is 0. The Labute approximate surface area is 78.8 Å². The van der Waals surface area contributed by atoms with E-state index in [1.54, 1.807) is 0 Å². The molecule has 80 valence electrons. The molecular formula is C8H11F4N2+. The fourth-order valence-corrected chi connectivity index (χ4v) is 1.14. The number of imidazole rings is 1. The topological polar surface area (TPSA) is 8.81 Å². The molecule has 0 bridgehead atoms. The number of unbranched alkanes of at least 4 members (excludes halogenated alkanes) is 1. The second-order valence-electron chi connectivity index (χ2n) is 2.90. The molecule has 0 radical (unpaired) electrons. The summed E-state index contributed by atoms with van der Waals surface area (Å²) in [5.41, 5.74) is 0. The van der Waals surface area contributed by atoms with Gasteiger partial charge in [0, 0.05) is 0 Å². The molecule has 0 fully saturated rings. The number of alkyl halides is 1. The van der Waals surface area contributed by atoms with Gasteiger partial charge in [0.1, 0.15) is 0 Å². The lowest BCUT2D eigenvalue weighted by molar-refractivity contribution is -0.768. The minimum atomic E-state index is -1.50. The van der Waals surface area contributed by atoms with E-state index in [1.165, 1.54) is 0 Å². The first kappa shape index (κ1) is 11.0. The van der Waals surface area contributed by atoms with Gasteiger partial charge in [-0.25, -0.2) is 0 Å². The second-order valence-corrected chi connectivity index (χ2v) is 2.90. The fraction of sp³-hybridized carbons (Fsp3) is 0.625. The lowest BCUT2D eigenvalue weighted by atomic mass is 10.3. The van der Waals surface area contributed by atoms with E-state index in [0.717, 1.165) is 0 Å². The van der Waals surface area contributed by atoms with Crippen LogP contribution >= 0.6 is 0 Å². The number of rotatable bonds is 4. The summed E-state index contributed by atoms with van der Waals surface area (Å²) >= 11 is 0. The first-order valence-electron chi connectivity index (χ1n) is 4.32. The Morgan fingerprint density at radius 2 is 1.93 bits per heavy atom. The molecule has 0 aromatic carbocycles. The van der Waals surface area contributed by atoms with E-state index in [0.29, 0.717) is 17.4 Å². The van der Waals surface area contributed by atoms with E-state index in [-0.39, 0.29) is 11.1 Å². The highest BCUT2D eigenvalue weighted by Crippen LogP contribution is 2.07. The third-order valence-electron chi connectivity index (χ3n) is 1.94. The monoisotopic (exact) mass is 211 g/mol. The van der Waals surface area contributed by atoms with Crippen molar-refractivity contribution in [3.05, 3.63) is 18.0 Å². The average molecular weight is 211 g/mol. The van der Waals surface area contributed by atoms with Gasteiger partial charge in [0.2, 0.25) is 6.80 Å². The molecule has 0 unspecified atom stereocenters. The van der Waals surface area contributed by atoms with Gasteiger partial charge < -0.3 is 0 Å². The van der Waals surface area contributed by atoms with Crippen LogP contribution in [0.2, 0.25) is 0 Å². The minimum absolute atomic E-state index is 0.0120. The van der Waals surface area contributed by atoms with Gasteiger partial charge in [-0.2, -0.15) is 17.7 Å². The lowest BCUT2D eigenvalue weighted by Crippen LogP contribution is -2.38. The molecule has 0 aliphatic rings. The van der Waals surface area contributed by atoms with Crippen LogP contribution in [0.1, 0.15) is 19.8 Å². The van der Waals surface area contributed by atoms with Crippen molar-refractivity contribution < 1.29 is 22.1 Å². The van der Waals surface area contributed by atoms with Gasteiger partial charge in [-0.1, -0.05) is 13.3 Å². The van der Waals surface area contributed by atoms with Gasteiger partial charge in [-0.05, 0) is 6.42 Å². The van der Waals surface area contributed by atoms with Crippen LogP contribution < -0.4 is 4.57 Å². The first-order chi connectivity index (χ1) is 6.63. The molecule has 1 aromatic rings. The molecule has 1 rings (SSSR count). The van der Waals surface area contributed by atoms with E-state index in [2.05, 4.69) is 0 Å². The number of aromatic nitrogens is 2. The van der Waals surface area contributed by atoms with Crippen LogP contribution in [-0.4, -0.2) is 4.57 Å². The molecule has 0 atom stereocenters. The maximum absolute atomic E-state index is 13.1. The van der Waals surface area contributed by atoms with Gasteiger partial charge in [-0.15, -0.1) is 8.96 Å². The standard InChI is InChI=1S/C8H11F4N2/c1-2-3-4-13-6(10)7(11)14(5-9)8(13)12/h2-5H2,1H3/q+1. The summed E-state index contributed by atoms with van der Waals surface area (Å²) in [5.74, 6) is -2.85. The van der Waals surface area contributed by atoms with Crippen molar-refractivity contribution in [2.45, 2.75) is 33.1 Å². The molecule has 2 nitrogen and oxygen atoms in total. The van der Waals surface area contributed by atoms with Crippen LogP contribution in [0.4, 0.5) is 17.6 Å². The first-order valence-corrected chi connectivity index (χ1v) is 4.32. The largest absolute Gasteiger partial charge is 0.452 e. The van der Waals surface area contributed by atoms with Crippen molar-refractivity contribution >= 4 is 0 Å². The highest BCUT2D eigenvalue weighted by atomic mass is 19.2. The summed E-state index contributed by atoms with van der Waals surface area (Å²) in [6, 6.07) is 0. The van der Waals surface area contributed by atoms with Gasteiger partial charge in [0.15, 0.2) is 0 Å². The van der Waals surface area contributed by atoms with E-state index >= 15 is 0 Å². The summed E-state index contributed by atoms with van der Waals surface area (Å²) in [7, 11) is 0. The molecule has 6 heteroatoms. The van der Waals surface area contributed by atoms with Crippen molar-refractivity contribution in [1.29, 1.82) is 0 Å². The summed E-state index contributed by atoms with van der Waals surface area (Å²) in [4.78, 5) is 0. The van der Waals surface area contributed by atoms with Crippen LogP contribution in [0.25, 0.3) is 0 Å². The Hall–Kier alpha value is -1.07. The van der Waals surface area contributed by atoms with Gasteiger partial charge in [-0.3, -0.25) is 0 Å². The predicted molar refractivity (Wildman–Crippen MR) is 40.5 cm³/mol. The summed E-state index contributed by atoms with van der Waals surface area (Å²) in [6.07, 6.45) is -0.00122. The maximum atomic E-state index is 13.1. The number of halogens is 4. The highest BCUT2D eigenvalue weighted by molar-refractivity contribution is 4.77. The van der Waals surface area contributed by atoms with Gasteiger partial charge >= 0.3 is 18.0 Å². The molecular weight excluding hydrogens is 200 g/mol. The third kappa shape index (κ3) is 1.73. The van der Waals surface area contributed by atoms with Crippen LogP contribution in [0.5, 0.6) is 0 Å². The Kier molecular flexibility index (Phi) is 3.49. The zero-order valence-corrected chi connectivity index (χ0v) is 7.73. The molecule has 1 heterocycles. The van der Waals surface area contributed by atoms with Crippen LogP contribution in [0.15, 0.2) is 0 Å². The van der Waals surface area contributed by atoms with Crippen LogP contribution in [0.3, 0.4) is 0 Å². The van der Waals surface area contributed by atoms with Crippen molar-refractivity contribution in [1.82, 2.24) is 4.57 Å². The number of hydrogen-bond acceptors (Lipinski definition) is 0. The summed E-state index contributed by atoms with van der Waals surface area (Å²) < 4.78 is 51.4. The van der Waals surface area contributed by atoms with Gasteiger partial charge in [0.05, 0.1) is 6.54 Å². The zero-order valence-electron chi connectivity index (χ0n) is 7.73. The lowest BCUT2D eigenvalue weighted by Gasteiger charge is -1.93. The Morgan fingerprint density at radius 1 is 1.29 bits per heavy atom. The highest BCUT2D eigenvalue weighted by Gasteiger charge is 2.31. The van der Waals surface area contributed by atoms with E-state index in [9.17, 15) is 17.6 Å². The van der Waals surface area contributed by atoms with Gasteiger partial charge in [0.25, 0.3) is 0 Å². The predicted octanol–water partition coefficient (Wildman–Crippen LogP) is 1.92. The van der Waals surface area contributed by atoms with Crippen molar-refractivity contribution in [3.8, 4) is 0 Å². The van der Waals surface area contributed by atoms with Crippen molar-refractivity contribution in [2.75, 3.05) is 0 Å². The molecule has 14 heavy (non-hydrogen) atoms.